The van der Waals surface area contributed by atoms with E-state index in [1.54, 1.807) is 11.3 Å². The molecular formula is C18H24S3. The topological polar surface area (TPSA) is 0 Å². The van der Waals surface area contributed by atoms with E-state index in [1.165, 1.54) is 29.9 Å². The summed E-state index contributed by atoms with van der Waals surface area (Å²) >= 11 is 5.40. The first kappa shape index (κ1) is 14.2. The predicted molar refractivity (Wildman–Crippen MR) is 109 cm³/mol. The lowest BCUT2D eigenvalue weighted by Gasteiger charge is -1.90. The van der Waals surface area contributed by atoms with Crippen molar-refractivity contribution in [2.75, 3.05) is 0 Å². The lowest BCUT2D eigenvalue weighted by molar-refractivity contribution is 1.44. The Morgan fingerprint density at radius 3 is 2.43 bits per heavy atom. The third kappa shape index (κ3) is 2.96. The molecule has 0 spiro atoms. The maximum Gasteiger partial charge on any atom is 0.0455 e. The molecule has 114 valence electrons. The average Bonchev–Trinajstić information content (AvgIpc) is 3.17. The molecule has 0 atom stereocenters. The van der Waals surface area contributed by atoms with Crippen molar-refractivity contribution in [1.82, 2.24) is 0 Å². The number of hydrogen-bond acceptors (Lipinski definition) is 3. The van der Waals surface area contributed by atoms with Crippen LogP contribution in [0.25, 0.3) is 19.5 Å². The van der Waals surface area contributed by atoms with Crippen molar-refractivity contribution in [1.29, 1.82) is 0 Å². The van der Waals surface area contributed by atoms with E-state index in [1.807, 2.05) is 22.7 Å². The predicted octanol–water partition coefficient (Wildman–Crippen LogP) is 7.28. The molecule has 3 rings (SSSR count). The summed E-state index contributed by atoms with van der Waals surface area (Å²) in [6.07, 6.45) is 5.16. The van der Waals surface area contributed by atoms with Crippen LogP contribution in [0.2, 0.25) is 0 Å². The second kappa shape index (κ2) is 5.92. The zero-order valence-corrected chi connectivity index (χ0v) is 14.1. The zero-order valence-electron chi connectivity index (χ0n) is 11.7. The van der Waals surface area contributed by atoms with Crippen molar-refractivity contribution in [2.45, 2.75) is 13.8 Å². The van der Waals surface area contributed by atoms with Gasteiger partial charge in [0.15, 0.2) is 0 Å². The largest absolute Gasteiger partial charge is 0.142 e. The maximum atomic E-state index is 5.16. The Balaban J connectivity index is -0.000000441. The van der Waals surface area contributed by atoms with Crippen LogP contribution in [0.3, 0.4) is 0 Å². The van der Waals surface area contributed by atoms with Gasteiger partial charge in [-0.15, -0.1) is 40.4 Å². The molecule has 3 aromatic heterocycles. The number of terminal acetylenes is 1. The van der Waals surface area contributed by atoms with Gasteiger partial charge in [0.25, 0.3) is 0 Å². The van der Waals surface area contributed by atoms with Gasteiger partial charge < -0.3 is 0 Å². The minimum atomic E-state index is 0. The highest BCUT2D eigenvalue weighted by Gasteiger charge is 2.09. The van der Waals surface area contributed by atoms with Crippen molar-refractivity contribution < 1.29 is 8.56 Å². The fraction of sp³-hybridized carbons (Fsp3) is 0.111. The first-order chi connectivity index (χ1) is 10.2. The Labute approximate surface area is 146 Å². The van der Waals surface area contributed by atoms with Gasteiger partial charge in [-0.25, -0.2) is 0 Å². The van der Waals surface area contributed by atoms with Gasteiger partial charge in [-0.05, 0) is 55.5 Å². The quantitative estimate of drug-likeness (QED) is 0.431. The molecule has 3 aromatic rings. The number of hydrogen-bond donors (Lipinski definition) is 0. The van der Waals surface area contributed by atoms with Gasteiger partial charge in [0.1, 0.15) is 0 Å². The molecule has 0 N–H and O–H groups in total. The molecule has 0 radical (unpaired) electrons. The summed E-state index contributed by atoms with van der Waals surface area (Å²) in [7, 11) is 0. The van der Waals surface area contributed by atoms with Crippen molar-refractivity contribution in [3.05, 3.63) is 45.6 Å². The molecule has 0 aliphatic heterocycles. The first-order valence-electron chi connectivity index (χ1n) is 6.40. The SMILES string of the molecule is C#CC#Cc1csc(-c2ccc(-c3cc(C)c(C)s3)s2)c1.[HH].[HH].[HH].[HH].[HH].[HH]. The first-order valence-corrected chi connectivity index (χ1v) is 8.91. The molecule has 0 saturated heterocycles. The molecule has 3 heterocycles. The minimum absolute atomic E-state index is 0. The molecule has 0 unspecified atom stereocenters. The normalized spacial score (nSPS) is 9.95. The number of aryl methyl sites for hydroxylation is 2. The smallest absolute Gasteiger partial charge is 0.0455 e. The number of rotatable bonds is 2. The van der Waals surface area contributed by atoms with Crippen LogP contribution in [0.4, 0.5) is 0 Å². The van der Waals surface area contributed by atoms with Gasteiger partial charge in [-0.1, -0.05) is 5.92 Å². The van der Waals surface area contributed by atoms with Gasteiger partial charge in [-0.3, -0.25) is 0 Å². The standard InChI is InChI=1S/C18H12S3.6H2/c1-4-5-6-14-10-17(19-11-14)15-7-8-16(21-15)18-9-12(2)13(3)20-18;;;;;;/h1,7-11H,2-3H3;6*1H. The van der Waals surface area contributed by atoms with Gasteiger partial charge in [-0.2, -0.15) is 0 Å². The molecule has 0 amide bonds. The summed E-state index contributed by atoms with van der Waals surface area (Å²) in [6.45, 7) is 4.34. The molecule has 0 aliphatic carbocycles. The Hall–Kier alpha value is -1.78. The fourth-order valence-electron chi connectivity index (χ4n) is 1.94. The second-order valence-corrected chi connectivity index (χ2v) is 7.86. The number of thiophene rings is 3. The van der Waals surface area contributed by atoms with Crippen LogP contribution in [0, 0.1) is 38.0 Å². The zero-order chi connectivity index (χ0) is 14.8. The van der Waals surface area contributed by atoms with Crippen LogP contribution in [0.1, 0.15) is 24.6 Å². The average molecular weight is 337 g/mol. The van der Waals surface area contributed by atoms with Crippen LogP contribution >= 0.6 is 34.0 Å². The molecule has 3 heteroatoms. The molecule has 0 saturated carbocycles. The minimum Gasteiger partial charge on any atom is -0.142 e. The third-order valence-electron chi connectivity index (χ3n) is 3.14. The van der Waals surface area contributed by atoms with Crippen molar-refractivity contribution in [3.8, 4) is 43.7 Å². The molecule has 0 nitrogen and oxygen atoms in total. The van der Waals surface area contributed by atoms with Crippen LogP contribution in [-0.4, -0.2) is 0 Å². The van der Waals surface area contributed by atoms with Crippen molar-refractivity contribution in [3.63, 3.8) is 0 Å². The highest BCUT2D eigenvalue weighted by atomic mass is 32.1. The van der Waals surface area contributed by atoms with Gasteiger partial charge in [0, 0.05) is 43.9 Å². The summed E-state index contributed by atoms with van der Waals surface area (Å²) < 4.78 is 0. The fourth-order valence-corrected chi connectivity index (χ4v) is 5.00. The lowest BCUT2D eigenvalue weighted by atomic mass is 10.2. The molecule has 0 aliphatic rings. The molecule has 0 fully saturated rings. The molecule has 21 heavy (non-hydrogen) atoms. The van der Waals surface area contributed by atoms with E-state index in [2.05, 4.69) is 61.3 Å². The van der Waals surface area contributed by atoms with E-state index in [0.717, 1.165) is 5.56 Å². The molecular weight excluding hydrogens is 312 g/mol. The second-order valence-electron chi connectivity index (χ2n) is 4.61. The Morgan fingerprint density at radius 2 is 1.76 bits per heavy atom. The van der Waals surface area contributed by atoms with Crippen LogP contribution in [-0.2, 0) is 0 Å². The van der Waals surface area contributed by atoms with Gasteiger partial charge >= 0.3 is 0 Å². The van der Waals surface area contributed by atoms with E-state index in [4.69, 9.17) is 6.42 Å². The van der Waals surface area contributed by atoms with Gasteiger partial charge in [0.2, 0.25) is 0 Å². The van der Waals surface area contributed by atoms with Crippen molar-refractivity contribution >= 4 is 34.0 Å². The Bertz CT molecular complexity index is 886. The van der Waals surface area contributed by atoms with E-state index in [0.29, 0.717) is 0 Å². The van der Waals surface area contributed by atoms with Crippen LogP contribution in [0.15, 0.2) is 29.6 Å². The summed E-state index contributed by atoms with van der Waals surface area (Å²) in [5.41, 5.74) is 2.36. The maximum absolute atomic E-state index is 5.16. The summed E-state index contributed by atoms with van der Waals surface area (Å²) in [4.78, 5) is 6.61. The summed E-state index contributed by atoms with van der Waals surface area (Å²) in [5, 5.41) is 2.05. The van der Waals surface area contributed by atoms with Crippen LogP contribution in [0.5, 0.6) is 0 Å². The van der Waals surface area contributed by atoms with E-state index < -0.39 is 0 Å². The summed E-state index contributed by atoms with van der Waals surface area (Å²) in [6, 6.07) is 8.77. The lowest BCUT2D eigenvalue weighted by Crippen LogP contribution is -1.63. The van der Waals surface area contributed by atoms with E-state index >= 15 is 0 Å². The monoisotopic (exact) mass is 336 g/mol. The third-order valence-corrected chi connectivity index (χ3v) is 6.70. The highest BCUT2D eigenvalue weighted by molar-refractivity contribution is 7.26. The highest BCUT2D eigenvalue weighted by Crippen LogP contribution is 2.40. The van der Waals surface area contributed by atoms with Crippen LogP contribution < -0.4 is 0 Å². The van der Waals surface area contributed by atoms with Crippen molar-refractivity contribution in [2.24, 2.45) is 0 Å². The molecule has 0 aromatic carbocycles. The Morgan fingerprint density at radius 1 is 1.00 bits per heavy atom. The van der Waals surface area contributed by atoms with E-state index in [9.17, 15) is 0 Å². The Kier molecular flexibility index (Phi) is 3.99. The summed E-state index contributed by atoms with van der Waals surface area (Å²) in [5.74, 6) is 7.97. The van der Waals surface area contributed by atoms with Gasteiger partial charge in [0.05, 0.1) is 0 Å². The molecule has 0 bridgehead atoms. The van der Waals surface area contributed by atoms with E-state index in [-0.39, 0.29) is 8.56 Å².